The van der Waals surface area contributed by atoms with Crippen molar-refractivity contribution in [2.75, 3.05) is 0 Å². The molecule has 1 atom stereocenters. The zero-order valence-electron chi connectivity index (χ0n) is 5.01. The second-order valence-corrected chi connectivity index (χ2v) is 0.651. The Bertz CT molecular complexity index is 34.0. The van der Waals surface area contributed by atoms with E-state index in [-0.39, 0.29) is 64.6 Å². The van der Waals surface area contributed by atoms with Gasteiger partial charge in [0.05, 0.1) is 11.4 Å². The fourth-order valence-corrected chi connectivity index (χ4v) is 0. The summed E-state index contributed by atoms with van der Waals surface area (Å²) in [4.78, 5) is 0. The fraction of sp³-hybridized carbons (Fsp3) is 0. The van der Waals surface area contributed by atoms with Crippen molar-refractivity contribution in [1.82, 2.24) is 0 Å². The molecule has 0 bridgehead atoms. The predicted octanol–water partition coefficient (Wildman–Crippen LogP) is -6.81. The van der Waals surface area contributed by atoms with Crippen LogP contribution in [0.15, 0.2) is 0 Å². The third kappa shape index (κ3) is 165. The van der Waals surface area contributed by atoms with Crippen LogP contribution in [-0.2, 0) is 11.4 Å². The van der Waals surface area contributed by atoms with Crippen LogP contribution in [0, 0.1) is 0 Å². The van der Waals surface area contributed by atoms with Crippen LogP contribution in [0.4, 0.5) is 0 Å². The van der Waals surface area contributed by atoms with Crippen LogP contribution in [0.3, 0.4) is 0 Å². The molecule has 1 unspecified atom stereocenters. The summed E-state index contributed by atoms with van der Waals surface area (Å²) in [6, 6.07) is 0. The first-order chi connectivity index (χ1) is 2.73. The van der Waals surface area contributed by atoms with Crippen LogP contribution in [-0.4, -0.2) is 29.3 Å². The third-order valence-electron chi connectivity index (χ3n) is 0. The summed E-state index contributed by atoms with van der Waals surface area (Å²) < 4.78 is 24.1. The Morgan fingerprint density at radius 2 is 1.22 bits per heavy atom. The van der Waals surface area contributed by atoms with Gasteiger partial charge in [0, 0.05) is 0 Å². The van der Waals surface area contributed by atoms with Gasteiger partial charge in [0.1, 0.15) is 0 Å². The van der Waals surface area contributed by atoms with Gasteiger partial charge in [0.25, 0.3) is 0 Å². The molecule has 0 aliphatic rings. The SMILES string of the molecule is O=S([O-])O.OO.[Na+].[Na+].[OH-]. The van der Waals surface area contributed by atoms with Crippen LogP contribution in [0.5, 0.6) is 0 Å². The molecule has 0 aromatic heterocycles. The molecule has 0 saturated carbocycles. The van der Waals surface area contributed by atoms with Gasteiger partial charge in [0.15, 0.2) is 0 Å². The van der Waals surface area contributed by atoms with Crippen molar-refractivity contribution in [3.8, 4) is 0 Å². The van der Waals surface area contributed by atoms with Crippen LogP contribution in [0.2, 0.25) is 0 Å². The van der Waals surface area contributed by atoms with E-state index in [2.05, 4.69) is 0 Å². The first kappa shape index (κ1) is 30.6. The second kappa shape index (κ2) is 32.5. The van der Waals surface area contributed by atoms with Gasteiger partial charge < -0.3 is 14.6 Å². The van der Waals surface area contributed by atoms with Crippen molar-refractivity contribution in [1.29, 1.82) is 0 Å². The normalized spacial score (nSPS) is 7.56. The van der Waals surface area contributed by atoms with E-state index in [1.165, 1.54) is 0 Å². The molecule has 0 aliphatic heterocycles. The van der Waals surface area contributed by atoms with Crippen molar-refractivity contribution >= 4 is 11.4 Å². The molecule has 0 heterocycles. The molecule has 0 amide bonds. The van der Waals surface area contributed by atoms with Crippen molar-refractivity contribution < 1.29 is 88.4 Å². The molecule has 0 spiro atoms. The summed E-state index contributed by atoms with van der Waals surface area (Å²) in [5, 5.41) is 12.0. The molecule has 0 saturated heterocycles. The zero-order valence-corrected chi connectivity index (χ0v) is 9.83. The maximum absolute atomic E-state index is 8.56. The van der Waals surface area contributed by atoms with Gasteiger partial charge in [-0.2, -0.15) is 0 Å². The van der Waals surface area contributed by atoms with E-state index in [0.29, 0.717) is 0 Å². The standard InChI is InChI=1S/2Na.H2O3S.H2O2.H2O/c;;1-4(2)3;1-2;/h;;(H2,1,2,3);1-2H;1H2/q2*+1;;;/p-2. The monoisotopic (exact) mass is 178 g/mol. The molecule has 0 aliphatic carbocycles. The maximum atomic E-state index is 8.56. The Balaban J connectivity index is -0.00000000990. The Morgan fingerprint density at radius 3 is 1.22 bits per heavy atom. The van der Waals surface area contributed by atoms with Crippen molar-refractivity contribution in [3.63, 3.8) is 0 Å². The molecular weight excluding hydrogens is 174 g/mol. The van der Waals surface area contributed by atoms with E-state index in [1.807, 2.05) is 0 Å². The van der Waals surface area contributed by atoms with Crippen molar-refractivity contribution in [3.05, 3.63) is 0 Å². The molecule has 48 valence electrons. The summed E-state index contributed by atoms with van der Waals surface area (Å²) in [5.74, 6) is 0. The van der Waals surface area contributed by atoms with Gasteiger partial charge in [-0.15, -0.1) is 0 Å². The molecule has 0 fully saturated rings. The summed E-state index contributed by atoms with van der Waals surface area (Å²) in [6.07, 6.45) is 0. The van der Waals surface area contributed by atoms with Crippen LogP contribution in [0.25, 0.3) is 0 Å². The predicted molar refractivity (Wildman–Crippen MR) is 18.7 cm³/mol. The first-order valence-corrected chi connectivity index (χ1v) is 1.75. The summed E-state index contributed by atoms with van der Waals surface area (Å²) in [7, 11) is 0. The molecular formula is H4Na2O6S. The molecule has 9 heavy (non-hydrogen) atoms. The van der Waals surface area contributed by atoms with Crippen molar-refractivity contribution in [2.24, 2.45) is 0 Å². The fourth-order valence-electron chi connectivity index (χ4n) is 0. The summed E-state index contributed by atoms with van der Waals surface area (Å²) in [5.41, 5.74) is 0. The van der Waals surface area contributed by atoms with E-state index in [9.17, 15) is 0 Å². The Morgan fingerprint density at radius 1 is 1.22 bits per heavy atom. The van der Waals surface area contributed by atoms with E-state index >= 15 is 0 Å². The largest absolute Gasteiger partial charge is 1.00 e. The molecule has 6 nitrogen and oxygen atoms in total. The minimum Gasteiger partial charge on any atom is -0.870 e. The maximum Gasteiger partial charge on any atom is 1.00 e. The Kier molecular flexibility index (Phi) is 111. The second-order valence-electron chi connectivity index (χ2n) is 0.217. The van der Waals surface area contributed by atoms with E-state index < -0.39 is 11.4 Å². The zero-order chi connectivity index (χ0) is 5.58. The quantitative estimate of drug-likeness (QED) is 0.146. The van der Waals surface area contributed by atoms with Crippen LogP contribution in [0.1, 0.15) is 0 Å². The van der Waals surface area contributed by atoms with Crippen LogP contribution >= 0.6 is 0 Å². The minimum absolute atomic E-state index is 0. The van der Waals surface area contributed by atoms with Gasteiger partial charge in [-0.25, -0.2) is 4.21 Å². The summed E-state index contributed by atoms with van der Waals surface area (Å²) >= 11 is -2.86. The van der Waals surface area contributed by atoms with E-state index in [4.69, 9.17) is 23.8 Å². The summed E-state index contributed by atoms with van der Waals surface area (Å²) in [6.45, 7) is 0. The van der Waals surface area contributed by atoms with Gasteiger partial charge in [0.2, 0.25) is 0 Å². The number of hydrogen-bond donors (Lipinski definition) is 3. The Labute approximate surface area is 98.6 Å². The Hall–Kier alpha value is 1.95. The van der Waals surface area contributed by atoms with Crippen molar-refractivity contribution in [2.45, 2.75) is 0 Å². The smallest absolute Gasteiger partial charge is 0.870 e. The molecule has 0 rings (SSSR count). The van der Waals surface area contributed by atoms with Gasteiger partial charge in [-0.1, -0.05) is 0 Å². The van der Waals surface area contributed by atoms with E-state index in [0.717, 1.165) is 0 Å². The topological polar surface area (TPSA) is 131 Å². The molecule has 0 radical (unpaired) electrons. The van der Waals surface area contributed by atoms with Gasteiger partial charge in [-0.3, -0.25) is 10.5 Å². The van der Waals surface area contributed by atoms with E-state index in [1.54, 1.807) is 0 Å². The number of rotatable bonds is 0. The third-order valence-corrected chi connectivity index (χ3v) is 0. The molecule has 0 aromatic carbocycles. The first-order valence-electron chi connectivity index (χ1n) is 0.716. The number of hydrogen-bond acceptors (Lipinski definition) is 5. The molecule has 0 aromatic rings. The van der Waals surface area contributed by atoms with Gasteiger partial charge >= 0.3 is 59.1 Å². The average Bonchev–Trinajstić information content (AvgIpc) is 1.41. The minimum atomic E-state index is -2.86. The average molecular weight is 178 g/mol. The molecule has 9 heteroatoms. The van der Waals surface area contributed by atoms with Gasteiger partial charge in [-0.05, 0) is 0 Å². The van der Waals surface area contributed by atoms with Crippen LogP contribution < -0.4 is 59.1 Å². The molecule has 4 N–H and O–H groups in total.